The van der Waals surface area contributed by atoms with Crippen LogP contribution in [0.5, 0.6) is 0 Å². The fraction of sp³-hybridized carbons (Fsp3) is 0.250. The average molecular weight is 208 g/mol. The molecule has 0 radical (unpaired) electrons. The van der Waals surface area contributed by atoms with Gasteiger partial charge in [0.1, 0.15) is 0 Å². The molecule has 0 rings (SSSR count). The molecular weight excluding hydrogens is 198 g/mol. The van der Waals surface area contributed by atoms with Crippen molar-refractivity contribution in [3.05, 3.63) is 35.8 Å². The van der Waals surface area contributed by atoms with Gasteiger partial charge < -0.3 is 0 Å². The Morgan fingerprint density at radius 3 is 2.31 bits per heavy atom. The van der Waals surface area contributed by atoms with Crippen molar-refractivity contribution in [2.75, 3.05) is 0 Å². The highest BCUT2D eigenvalue weighted by Crippen LogP contribution is 2.16. The number of hydrogen-bond donors (Lipinski definition) is 0. The molecule has 0 unspecified atom stereocenters. The van der Waals surface area contributed by atoms with E-state index in [0.29, 0.717) is 0 Å². The quantitative estimate of drug-likeness (QED) is 0.664. The summed E-state index contributed by atoms with van der Waals surface area (Å²) in [6.45, 7) is 4.79. The van der Waals surface area contributed by atoms with Gasteiger partial charge in [-0.2, -0.15) is 8.78 Å². The minimum Gasteiger partial charge on any atom is -0.218 e. The summed E-state index contributed by atoms with van der Waals surface area (Å²) in [5, 5.41) is 0. The summed E-state index contributed by atoms with van der Waals surface area (Å²) in [6.07, 6.45) is 4.86. The lowest BCUT2D eigenvalue weighted by Gasteiger charge is -2.01. The van der Waals surface area contributed by atoms with Crippen LogP contribution in [0, 0.1) is 0 Å². The molecule has 0 saturated carbocycles. The monoisotopic (exact) mass is 208 g/mol. The van der Waals surface area contributed by atoms with E-state index in [4.69, 9.17) is 0 Å². The molecule has 0 saturated heterocycles. The van der Waals surface area contributed by atoms with E-state index >= 15 is 0 Å². The Balaban J connectivity index is 5.12. The van der Waals surface area contributed by atoms with Gasteiger partial charge in [-0.15, -0.1) is 0 Å². The lowest BCUT2D eigenvalue weighted by atomic mass is 10.4. The molecule has 0 spiro atoms. The highest BCUT2D eigenvalue weighted by Gasteiger charge is 2.26. The maximum absolute atomic E-state index is 12.0. The minimum atomic E-state index is -4.50. The average Bonchev–Trinajstić information content (AvgIpc) is 2.05. The van der Waals surface area contributed by atoms with Crippen LogP contribution in [0.3, 0.4) is 0 Å². The van der Waals surface area contributed by atoms with Gasteiger partial charge in [-0.3, -0.25) is 0 Å². The topological polar surface area (TPSA) is 34.1 Å². The molecule has 0 aromatic rings. The van der Waals surface area contributed by atoms with Gasteiger partial charge in [0.25, 0.3) is 0 Å². The molecule has 5 heteroatoms. The first kappa shape index (κ1) is 12.0. The molecule has 0 heterocycles. The molecular formula is C8H10F2O2S. The highest BCUT2D eigenvalue weighted by atomic mass is 32.2. The van der Waals surface area contributed by atoms with Crippen molar-refractivity contribution >= 4 is 9.84 Å². The van der Waals surface area contributed by atoms with Crippen LogP contribution in [0.1, 0.15) is 6.92 Å². The van der Waals surface area contributed by atoms with Crippen molar-refractivity contribution in [1.82, 2.24) is 0 Å². The van der Waals surface area contributed by atoms with E-state index in [-0.39, 0.29) is 0 Å². The second-order valence-corrected chi connectivity index (χ2v) is 4.02. The molecule has 0 aliphatic rings. The lowest BCUT2D eigenvalue weighted by molar-refractivity contribution is 0.236. The summed E-state index contributed by atoms with van der Waals surface area (Å²) in [5.41, 5.74) is 0. The van der Waals surface area contributed by atoms with Crippen molar-refractivity contribution in [2.45, 2.75) is 12.7 Å². The summed E-state index contributed by atoms with van der Waals surface area (Å²) in [5.74, 6) is -3.40. The van der Waals surface area contributed by atoms with Crippen LogP contribution in [0.4, 0.5) is 8.78 Å². The Morgan fingerprint density at radius 1 is 1.46 bits per heavy atom. The van der Waals surface area contributed by atoms with Crippen molar-refractivity contribution in [1.29, 1.82) is 0 Å². The molecule has 0 bridgehead atoms. The lowest BCUT2D eigenvalue weighted by Crippen LogP contribution is -2.12. The third-order valence-electron chi connectivity index (χ3n) is 1.22. The second kappa shape index (κ2) is 4.91. The van der Waals surface area contributed by atoms with Crippen LogP contribution in [-0.4, -0.2) is 14.2 Å². The molecule has 0 N–H and O–H groups in total. The van der Waals surface area contributed by atoms with Crippen LogP contribution < -0.4 is 0 Å². The predicted octanol–water partition coefficient (Wildman–Crippen LogP) is 2.27. The molecule has 0 aromatic carbocycles. The van der Waals surface area contributed by atoms with Crippen LogP contribution in [-0.2, 0) is 9.84 Å². The maximum Gasteiger partial charge on any atom is 0.341 e. The summed E-state index contributed by atoms with van der Waals surface area (Å²) in [7, 11) is -4.50. The van der Waals surface area contributed by atoms with Gasteiger partial charge in [-0.25, -0.2) is 8.42 Å². The predicted molar refractivity (Wildman–Crippen MR) is 48.0 cm³/mol. The minimum absolute atomic E-state index is 0.472. The van der Waals surface area contributed by atoms with E-state index in [2.05, 4.69) is 6.58 Å². The van der Waals surface area contributed by atoms with Gasteiger partial charge in [0.05, 0.1) is 4.91 Å². The van der Waals surface area contributed by atoms with Gasteiger partial charge in [0, 0.05) is 0 Å². The van der Waals surface area contributed by atoms with Crippen molar-refractivity contribution in [2.24, 2.45) is 0 Å². The number of sulfone groups is 1. The van der Waals surface area contributed by atoms with Crippen LogP contribution in [0.15, 0.2) is 35.8 Å². The van der Waals surface area contributed by atoms with Crippen LogP contribution in [0.25, 0.3) is 0 Å². The molecule has 0 atom stereocenters. The van der Waals surface area contributed by atoms with E-state index in [9.17, 15) is 17.2 Å². The Morgan fingerprint density at radius 2 is 2.00 bits per heavy atom. The maximum atomic E-state index is 12.0. The number of hydrogen-bond acceptors (Lipinski definition) is 2. The fourth-order valence-electron chi connectivity index (χ4n) is 0.573. The standard InChI is InChI=1S/C8H10F2O2S/c1-3-5-6-7(4-2)13(11,12)8(9)10/h3-6,8H,2H2,1H3/b5-3?,7-6+. The fourth-order valence-corrected chi connectivity index (χ4v) is 1.28. The number of rotatable bonds is 4. The van der Waals surface area contributed by atoms with Gasteiger partial charge in [-0.1, -0.05) is 24.8 Å². The summed E-state index contributed by atoms with van der Waals surface area (Å²) in [6, 6.07) is 0. The van der Waals surface area contributed by atoms with E-state index in [0.717, 1.165) is 12.2 Å². The van der Waals surface area contributed by atoms with E-state index in [1.807, 2.05) is 0 Å². The Labute approximate surface area is 76.2 Å². The summed E-state index contributed by atoms with van der Waals surface area (Å²) in [4.78, 5) is -0.472. The van der Waals surface area contributed by atoms with Crippen LogP contribution >= 0.6 is 0 Å². The first-order valence-corrected chi connectivity index (χ1v) is 4.99. The van der Waals surface area contributed by atoms with Crippen molar-refractivity contribution < 1.29 is 17.2 Å². The second-order valence-electron chi connectivity index (χ2n) is 2.10. The van der Waals surface area contributed by atoms with Crippen LogP contribution in [0.2, 0.25) is 0 Å². The van der Waals surface area contributed by atoms with Crippen molar-refractivity contribution in [3.63, 3.8) is 0 Å². The Bertz CT molecular complexity index is 326. The first-order chi connectivity index (χ1) is 5.96. The van der Waals surface area contributed by atoms with E-state index in [1.54, 1.807) is 6.92 Å². The zero-order valence-electron chi connectivity index (χ0n) is 7.07. The molecule has 0 aliphatic heterocycles. The number of allylic oxidation sites excluding steroid dienone is 4. The smallest absolute Gasteiger partial charge is 0.218 e. The molecule has 0 fully saturated rings. The van der Waals surface area contributed by atoms with Gasteiger partial charge in [0.15, 0.2) is 0 Å². The van der Waals surface area contributed by atoms with E-state index < -0.39 is 20.5 Å². The van der Waals surface area contributed by atoms with Gasteiger partial charge >= 0.3 is 5.76 Å². The number of halogens is 2. The normalized spacial score (nSPS) is 14.0. The Hall–Kier alpha value is -0.970. The largest absolute Gasteiger partial charge is 0.341 e. The zero-order chi connectivity index (χ0) is 10.5. The van der Waals surface area contributed by atoms with E-state index in [1.165, 1.54) is 12.2 Å². The third kappa shape index (κ3) is 3.10. The van der Waals surface area contributed by atoms with Crippen molar-refractivity contribution in [3.8, 4) is 0 Å². The highest BCUT2D eigenvalue weighted by molar-refractivity contribution is 7.95. The summed E-state index contributed by atoms with van der Waals surface area (Å²) >= 11 is 0. The molecule has 0 amide bonds. The molecule has 2 nitrogen and oxygen atoms in total. The molecule has 0 aromatic heterocycles. The molecule has 13 heavy (non-hydrogen) atoms. The van der Waals surface area contributed by atoms with Gasteiger partial charge in [0.2, 0.25) is 9.84 Å². The number of alkyl halides is 2. The Kier molecular flexibility index (Phi) is 4.55. The molecule has 74 valence electrons. The summed E-state index contributed by atoms with van der Waals surface area (Å²) < 4.78 is 45.6. The first-order valence-electron chi connectivity index (χ1n) is 3.44. The SMILES string of the molecule is C=C/C(=C\C=CC)S(=O)(=O)C(F)F. The van der Waals surface area contributed by atoms with Gasteiger partial charge in [-0.05, 0) is 13.0 Å². The zero-order valence-corrected chi connectivity index (χ0v) is 7.89. The third-order valence-corrected chi connectivity index (χ3v) is 2.65. The molecule has 0 aliphatic carbocycles.